The van der Waals surface area contributed by atoms with Gasteiger partial charge in [0.2, 0.25) is 5.91 Å². The normalized spacial score (nSPS) is 11.9. The number of nitrogens with one attached hydrogen (secondary N) is 2. The molecule has 1 amide bonds. The number of hydrogen-bond donors (Lipinski definition) is 3. The molecule has 0 saturated heterocycles. The van der Waals surface area contributed by atoms with Crippen LogP contribution in [-0.4, -0.2) is 24.2 Å². The lowest BCUT2D eigenvalue weighted by Gasteiger charge is -2.11. The van der Waals surface area contributed by atoms with Crippen molar-refractivity contribution in [2.24, 2.45) is 5.92 Å². The Hall–Kier alpha value is -1.55. The maximum Gasteiger partial charge on any atom is 0.221 e. The van der Waals surface area contributed by atoms with Gasteiger partial charge in [-0.3, -0.25) is 4.79 Å². The van der Waals surface area contributed by atoms with E-state index in [1.165, 1.54) is 6.92 Å². The molecule has 0 radical (unpaired) electrons. The second kappa shape index (κ2) is 6.12. The summed E-state index contributed by atoms with van der Waals surface area (Å²) in [5, 5.41) is 14.8. The van der Waals surface area contributed by atoms with Crippen LogP contribution in [0.3, 0.4) is 0 Å². The van der Waals surface area contributed by atoms with Crippen molar-refractivity contribution >= 4 is 17.3 Å². The highest BCUT2D eigenvalue weighted by Crippen LogP contribution is 2.15. The summed E-state index contributed by atoms with van der Waals surface area (Å²) in [6.45, 7) is 4.32. The summed E-state index contributed by atoms with van der Waals surface area (Å²) >= 11 is 0. The van der Waals surface area contributed by atoms with Crippen molar-refractivity contribution in [2.75, 3.05) is 23.8 Å². The van der Waals surface area contributed by atoms with E-state index in [1.807, 2.05) is 31.2 Å². The fourth-order valence-electron chi connectivity index (χ4n) is 1.27. The zero-order valence-electron chi connectivity index (χ0n) is 9.66. The van der Waals surface area contributed by atoms with E-state index in [-0.39, 0.29) is 18.4 Å². The Kier molecular flexibility index (Phi) is 4.79. The van der Waals surface area contributed by atoms with Gasteiger partial charge >= 0.3 is 0 Å². The number of carbonyl (C=O) groups excluding carboxylic acids is 1. The van der Waals surface area contributed by atoms with E-state index in [0.717, 1.165) is 11.4 Å². The molecule has 1 atom stereocenters. The number of hydrogen-bond acceptors (Lipinski definition) is 3. The summed E-state index contributed by atoms with van der Waals surface area (Å²) in [5.74, 6) is 0.130. The van der Waals surface area contributed by atoms with Crippen molar-refractivity contribution in [3.8, 4) is 0 Å². The van der Waals surface area contributed by atoms with Crippen molar-refractivity contribution < 1.29 is 9.90 Å². The number of aliphatic hydroxyl groups is 1. The largest absolute Gasteiger partial charge is 0.396 e. The molecule has 4 heteroatoms. The smallest absolute Gasteiger partial charge is 0.221 e. The standard InChI is InChI=1S/C12H18N2O2/c1-9(8-15)7-13-11-4-3-5-12(6-11)14-10(2)16/h3-6,9,13,15H,7-8H2,1-2H3,(H,14,16). The third-order valence-corrected chi connectivity index (χ3v) is 2.15. The van der Waals surface area contributed by atoms with Crippen molar-refractivity contribution in [1.29, 1.82) is 0 Å². The summed E-state index contributed by atoms with van der Waals surface area (Å²) < 4.78 is 0. The van der Waals surface area contributed by atoms with Crippen molar-refractivity contribution in [3.63, 3.8) is 0 Å². The average Bonchev–Trinajstić information content (AvgIpc) is 2.25. The molecule has 0 bridgehead atoms. The molecule has 0 aliphatic rings. The van der Waals surface area contributed by atoms with Crippen LogP contribution in [0.4, 0.5) is 11.4 Å². The summed E-state index contributed by atoms with van der Waals surface area (Å²) in [4.78, 5) is 10.9. The highest BCUT2D eigenvalue weighted by molar-refractivity contribution is 5.89. The van der Waals surface area contributed by atoms with E-state index < -0.39 is 0 Å². The van der Waals surface area contributed by atoms with Gasteiger partial charge in [0.25, 0.3) is 0 Å². The van der Waals surface area contributed by atoms with Gasteiger partial charge in [-0.05, 0) is 24.1 Å². The minimum Gasteiger partial charge on any atom is -0.396 e. The SMILES string of the molecule is CC(=O)Nc1cccc(NCC(C)CO)c1. The lowest BCUT2D eigenvalue weighted by Crippen LogP contribution is -2.14. The first-order valence-corrected chi connectivity index (χ1v) is 5.34. The van der Waals surface area contributed by atoms with Crippen molar-refractivity contribution in [1.82, 2.24) is 0 Å². The summed E-state index contributed by atoms with van der Waals surface area (Å²) in [6, 6.07) is 7.50. The first-order chi connectivity index (χ1) is 7.61. The maximum absolute atomic E-state index is 10.9. The lowest BCUT2D eigenvalue weighted by molar-refractivity contribution is -0.114. The Labute approximate surface area is 95.7 Å². The van der Waals surface area contributed by atoms with Crippen LogP contribution in [0.15, 0.2) is 24.3 Å². The van der Waals surface area contributed by atoms with Gasteiger partial charge in [0.15, 0.2) is 0 Å². The van der Waals surface area contributed by atoms with Crippen LogP contribution in [0.1, 0.15) is 13.8 Å². The Balaban J connectivity index is 2.56. The fourth-order valence-corrected chi connectivity index (χ4v) is 1.27. The first kappa shape index (κ1) is 12.5. The number of aliphatic hydroxyl groups excluding tert-OH is 1. The molecule has 1 rings (SSSR count). The zero-order valence-corrected chi connectivity index (χ0v) is 9.66. The van der Waals surface area contributed by atoms with Gasteiger partial charge in [-0.1, -0.05) is 13.0 Å². The van der Waals surface area contributed by atoms with Crippen LogP contribution >= 0.6 is 0 Å². The van der Waals surface area contributed by atoms with Crippen LogP contribution in [-0.2, 0) is 4.79 Å². The van der Waals surface area contributed by atoms with Crippen molar-refractivity contribution in [3.05, 3.63) is 24.3 Å². The topological polar surface area (TPSA) is 61.4 Å². The zero-order chi connectivity index (χ0) is 12.0. The summed E-state index contributed by atoms with van der Waals surface area (Å²) in [5.41, 5.74) is 1.71. The number of amides is 1. The lowest BCUT2D eigenvalue weighted by atomic mass is 10.2. The van der Waals surface area contributed by atoms with Gasteiger partial charge in [-0.2, -0.15) is 0 Å². The second-order valence-electron chi connectivity index (χ2n) is 3.93. The molecule has 0 aromatic heterocycles. The average molecular weight is 222 g/mol. The molecule has 4 nitrogen and oxygen atoms in total. The molecule has 0 aliphatic carbocycles. The van der Waals surface area contributed by atoms with Gasteiger partial charge in [0, 0.05) is 31.5 Å². The monoisotopic (exact) mass is 222 g/mol. The number of carbonyl (C=O) groups is 1. The predicted octanol–water partition coefficient (Wildman–Crippen LogP) is 1.69. The molecule has 88 valence electrons. The Morgan fingerprint density at radius 2 is 2.12 bits per heavy atom. The van der Waals surface area contributed by atoms with E-state index in [4.69, 9.17) is 5.11 Å². The highest BCUT2D eigenvalue weighted by Gasteiger charge is 2.00. The number of rotatable bonds is 5. The number of benzene rings is 1. The molecule has 1 aromatic rings. The Bertz CT molecular complexity index is 353. The van der Waals surface area contributed by atoms with Crippen molar-refractivity contribution in [2.45, 2.75) is 13.8 Å². The quantitative estimate of drug-likeness (QED) is 0.710. The molecule has 0 spiro atoms. The molecule has 0 aliphatic heterocycles. The molecule has 1 aromatic carbocycles. The second-order valence-corrected chi connectivity index (χ2v) is 3.93. The predicted molar refractivity (Wildman–Crippen MR) is 65.5 cm³/mol. The van der Waals surface area contributed by atoms with Gasteiger partial charge in [-0.15, -0.1) is 0 Å². The van der Waals surface area contributed by atoms with Crippen LogP contribution in [0.2, 0.25) is 0 Å². The van der Waals surface area contributed by atoms with Crippen LogP contribution in [0, 0.1) is 5.92 Å². The highest BCUT2D eigenvalue weighted by atomic mass is 16.3. The summed E-state index contributed by atoms with van der Waals surface area (Å²) in [6.07, 6.45) is 0. The maximum atomic E-state index is 10.9. The van der Waals surface area contributed by atoms with Crippen LogP contribution in [0.5, 0.6) is 0 Å². The third kappa shape index (κ3) is 4.31. The summed E-state index contributed by atoms with van der Waals surface area (Å²) in [7, 11) is 0. The van der Waals surface area contributed by atoms with E-state index >= 15 is 0 Å². The molecule has 16 heavy (non-hydrogen) atoms. The van der Waals surface area contributed by atoms with Gasteiger partial charge < -0.3 is 15.7 Å². The third-order valence-electron chi connectivity index (χ3n) is 2.15. The molecule has 3 N–H and O–H groups in total. The van der Waals surface area contributed by atoms with E-state index in [2.05, 4.69) is 10.6 Å². The first-order valence-electron chi connectivity index (χ1n) is 5.34. The minimum absolute atomic E-state index is 0.0825. The van der Waals surface area contributed by atoms with Crippen LogP contribution < -0.4 is 10.6 Å². The van der Waals surface area contributed by atoms with Gasteiger partial charge in [0.1, 0.15) is 0 Å². The van der Waals surface area contributed by atoms with E-state index in [1.54, 1.807) is 0 Å². The van der Waals surface area contributed by atoms with Gasteiger partial charge in [-0.25, -0.2) is 0 Å². The molecule has 0 heterocycles. The Morgan fingerprint density at radius 1 is 1.44 bits per heavy atom. The molecule has 0 fully saturated rings. The van der Waals surface area contributed by atoms with E-state index in [9.17, 15) is 4.79 Å². The van der Waals surface area contributed by atoms with Gasteiger partial charge in [0.05, 0.1) is 0 Å². The molecule has 1 unspecified atom stereocenters. The Morgan fingerprint density at radius 3 is 2.75 bits per heavy atom. The molecular weight excluding hydrogens is 204 g/mol. The van der Waals surface area contributed by atoms with E-state index in [0.29, 0.717) is 6.54 Å². The fraction of sp³-hybridized carbons (Fsp3) is 0.417. The minimum atomic E-state index is -0.0825. The molecular formula is C12H18N2O2. The molecule has 0 saturated carbocycles. The van der Waals surface area contributed by atoms with Crippen LogP contribution in [0.25, 0.3) is 0 Å². The number of anilines is 2.